The van der Waals surface area contributed by atoms with Crippen molar-refractivity contribution in [1.82, 2.24) is 14.9 Å². The van der Waals surface area contributed by atoms with Crippen molar-refractivity contribution < 1.29 is 0 Å². The van der Waals surface area contributed by atoms with Crippen LogP contribution in [0.15, 0.2) is 12.7 Å². The molecule has 0 aliphatic rings. The summed E-state index contributed by atoms with van der Waals surface area (Å²) in [6.45, 7) is 11.3. The number of hydrogen-bond acceptors (Lipinski definition) is 4. The van der Waals surface area contributed by atoms with E-state index in [-0.39, 0.29) is 0 Å². The summed E-state index contributed by atoms with van der Waals surface area (Å²) >= 11 is 1.55. The molecule has 1 unspecified atom stereocenters. The van der Waals surface area contributed by atoms with Crippen LogP contribution in [-0.2, 0) is 0 Å². The molecule has 0 spiro atoms. The first-order valence-corrected chi connectivity index (χ1v) is 8.14. The number of hydrogen-bond donors (Lipinski definition) is 1. The van der Waals surface area contributed by atoms with Crippen LogP contribution < -0.4 is 5.32 Å². The van der Waals surface area contributed by atoms with Gasteiger partial charge in [-0.3, -0.25) is 0 Å². The molecule has 19 heavy (non-hydrogen) atoms. The Morgan fingerprint density at radius 1 is 1.32 bits per heavy atom. The maximum atomic E-state index is 4.29. The minimum absolute atomic E-state index is 0.422. The first-order chi connectivity index (χ1) is 9.20. The highest BCUT2D eigenvalue weighted by Gasteiger charge is 2.19. The molecule has 0 fully saturated rings. The van der Waals surface area contributed by atoms with Crippen molar-refractivity contribution in [3.8, 4) is 0 Å². The molecule has 4 heteroatoms. The largest absolute Gasteiger partial charge is 0.309 e. The smallest absolute Gasteiger partial charge is 0.0829 e. The van der Waals surface area contributed by atoms with Gasteiger partial charge in [-0.15, -0.1) is 11.7 Å². The van der Waals surface area contributed by atoms with E-state index in [2.05, 4.69) is 42.3 Å². The zero-order chi connectivity index (χ0) is 14.1. The van der Waals surface area contributed by atoms with Crippen molar-refractivity contribution in [3.63, 3.8) is 0 Å². The summed E-state index contributed by atoms with van der Waals surface area (Å²) in [6.07, 6.45) is 8.09. The van der Waals surface area contributed by atoms with Gasteiger partial charge in [0.1, 0.15) is 0 Å². The Labute approximate surface area is 121 Å². The lowest BCUT2D eigenvalue weighted by atomic mass is 10.0. The summed E-state index contributed by atoms with van der Waals surface area (Å²) in [5.41, 5.74) is 1.17. The van der Waals surface area contributed by atoms with Crippen molar-refractivity contribution in [1.29, 1.82) is 0 Å². The fraction of sp³-hybridized carbons (Fsp3) is 0.733. The average Bonchev–Trinajstić information content (AvgIpc) is 2.86. The summed E-state index contributed by atoms with van der Waals surface area (Å²) in [4.78, 5) is 1.33. The van der Waals surface area contributed by atoms with Gasteiger partial charge in [0.15, 0.2) is 0 Å². The van der Waals surface area contributed by atoms with E-state index in [1.54, 1.807) is 11.5 Å². The molecular weight excluding hydrogens is 254 g/mol. The molecule has 1 atom stereocenters. The van der Waals surface area contributed by atoms with Gasteiger partial charge in [0, 0.05) is 6.04 Å². The highest BCUT2D eigenvalue weighted by atomic mass is 32.1. The van der Waals surface area contributed by atoms with E-state index in [0.717, 1.165) is 13.0 Å². The minimum Gasteiger partial charge on any atom is -0.309 e. The second kappa shape index (κ2) is 9.21. The molecule has 3 nitrogen and oxygen atoms in total. The lowest BCUT2D eigenvalue weighted by Crippen LogP contribution is -2.21. The van der Waals surface area contributed by atoms with E-state index in [4.69, 9.17) is 0 Å². The first-order valence-electron chi connectivity index (χ1n) is 7.37. The van der Waals surface area contributed by atoms with Crippen molar-refractivity contribution >= 4 is 11.5 Å². The van der Waals surface area contributed by atoms with E-state index in [1.807, 2.05) is 6.08 Å². The van der Waals surface area contributed by atoms with Gasteiger partial charge in [0.25, 0.3) is 0 Å². The predicted octanol–water partition coefficient (Wildman–Crippen LogP) is 4.45. The zero-order valence-electron chi connectivity index (χ0n) is 12.5. The molecule has 1 aromatic heterocycles. The molecule has 1 heterocycles. The van der Waals surface area contributed by atoms with Crippen LogP contribution in [0.3, 0.4) is 0 Å². The van der Waals surface area contributed by atoms with Crippen LogP contribution in [0.1, 0.15) is 75.4 Å². The Bertz CT molecular complexity index is 360. The minimum atomic E-state index is 0.422. The van der Waals surface area contributed by atoms with Gasteiger partial charge in [-0.1, -0.05) is 44.2 Å². The predicted molar refractivity (Wildman–Crippen MR) is 83.7 cm³/mol. The SMILES string of the molecule is C=CCCCCCC(NCC)c1snnc1C(C)C. The van der Waals surface area contributed by atoms with E-state index < -0.39 is 0 Å². The van der Waals surface area contributed by atoms with Gasteiger partial charge in [0.05, 0.1) is 10.6 Å². The second-order valence-electron chi connectivity index (χ2n) is 5.21. The normalized spacial score (nSPS) is 12.8. The Morgan fingerprint density at radius 3 is 2.74 bits per heavy atom. The number of unbranched alkanes of at least 4 members (excludes halogenated alkanes) is 3. The maximum absolute atomic E-state index is 4.29. The van der Waals surface area contributed by atoms with Gasteiger partial charge in [-0.05, 0) is 43.3 Å². The lowest BCUT2D eigenvalue weighted by Gasteiger charge is -2.18. The molecule has 0 amide bonds. The number of rotatable bonds is 10. The molecule has 108 valence electrons. The molecule has 1 rings (SSSR count). The molecular formula is C15H27N3S. The van der Waals surface area contributed by atoms with Crippen LogP contribution in [0.5, 0.6) is 0 Å². The van der Waals surface area contributed by atoms with Crippen LogP contribution in [0.2, 0.25) is 0 Å². The van der Waals surface area contributed by atoms with E-state index in [9.17, 15) is 0 Å². The zero-order valence-corrected chi connectivity index (χ0v) is 13.3. The van der Waals surface area contributed by atoms with Gasteiger partial charge in [-0.2, -0.15) is 0 Å². The summed E-state index contributed by atoms with van der Waals surface area (Å²) in [5, 5.41) is 7.87. The van der Waals surface area contributed by atoms with Crippen molar-refractivity contribution in [2.24, 2.45) is 0 Å². The van der Waals surface area contributed by atoms with Crippen LogP contribution in [0, 0.1) is 0 Å². The van der Waals surface area contributed by atoms with Crippen molar-refractivity contribution in [2.75, 3.05) is 6.54 Å². The molecule has 0 aliphatic heterocycles. The lowest BCUT2D eigenvalue weighted by molar-refractivity contribution is 0.484. The molecule has 0 saturated heterocycles. The third-order valence-electron chi connectivity index (χ3n) is 3.26. The molecule has 0 saturated carbocycles. The molecule has 0 bridgehead atoms. The maximum Gasteiger partial charge on any atom is 0.0829 e. The Hall–Kier alpha value is -0.740. The monoisotopic (exact) mass is 281 g/mol. The second-order valence-corrected chi connectivity index (χ2v) is 6.00. The van der Waals surface area contributed by atoms with E-state index in [0.29, 0.717) is 12.0 Å². The first kappa shape index (κ1) is 16.3. The molecule has 1 aromatic rings. The van der Waals surface area contributed by atoms with Gasteiger partial charge in [0.2, 0.25) is 0 Å². The molecule has 0 radical (unpaired) electrons. The van der Waals surface area contributed by atoms with Crippen molar-refractivity contribution in [2.45, 2.75) is 64.8 Å². The van der Waals surface area contributed by atoms with Crippen molar-refractivity contribution in [3.05, 3.63) is 23.2 Å². The fourth-order valence-electron chi connectivity index (χ4n) is 2.23. The third-order valence-corrected chi connectivity index (χ3v) is 4.11. The Morgan fingerprint density at radius 2 is 2.11 bits per heavy atom. The van der Waals surface area contributed by atoms with Gasteiger partial charge in [-0.25, -0.2) is 0 Å². The fourth-order valence-corrected chi connectivity index (χ4v) is 3.15. The summed E-state index contributed by atoms with van der Waals surface area (Å²) < 4.78 is 4.14. The van der Waals surface area contributed by atoms with Gasteiger partial charge >= 0.3 is 0 Å². The standard InChI is InChI=1S/C15H27N3S/c1-5-7-8-9-10-11-13(16-6-2)15-14(12(3)4)17-18-19-15/h5,12-13,16H,1,6-11H2,2-4H3. The summed E-state index contributed by atoms with van der Waals surface area (Å²) in [7, 11) is 0. The number of aromatic nitrogens is 2. The van der Waals surface area contributed by atoms with Crippen LogP contribution >= 0.6 is 11.5 Å². The highest BCUT2D eigenvalue weighted by Crippen LogP contribution is 2.29. The van der Waals surface area contributed by atoms with E-state index in [1.165, 1.54) is 36.3 Å². The number of allylic oxidation sites excluding steroid dienone is 1. The summed E-state index contributed by atoms with van der Waals surface area (Å²) in [6, 6.07) is 0.422. The quantitative estimate of drug-likeness (QED) is 0.508. The number of nitrogens with one attached hydrogen (secondary N) is 1. The van der Waals surface area contributed by atoms with Crippen LogP contribution in [-0.4, -0.2) is 16.1 Å². The number of nitrogens with zero attached hydrogens (tertiary/aromatic N) is 2. The van der Waals surface area contributed by atoms with Gasteiger partial charge < -0.3 is 5.32 Å². The van der Waals surface area contributed by atoms with Crippen LogP contribution in [0.25, 0.3) is 0 Å². The Balaban J connectivity index is 2.55. The summed E-state index contributed by atoms with van der Waals surface area (Å²) in [5.74, 6) is 0.454. The average molecular weight is 281 g/mol. The Kier molecular flexibility index (Phi) is 7.91. The molecule has 0 aliphatic carbocycles. The topological polar surface area (TPSA) is 37.8 Å². The molecule has 1 N–H and O–H groups in total. The van der Waals surface area contributed by atoms with E-state index >= 15 is 0 Å². The highest BCUT2D eigenvalue weighted by molar-refractivity contribution is 7.05. The van der Waals surface area contributed by atoms with Crippen LogP contribution in [0.4, 0.5) is 0 Å². The third kappa shape index (κ3) is 5.41. The molecule has 0 aromatic carbocycles.